The molecule has 0 atom stereocenters. The van der Waals surface area contributed by atoms with Gasteiger partial charge >= 0.3 is 0 Å². The molecule has 0 aliphatic carbocycles. The Bertz CT molecular complexity index is 662. The third-order valence-corrected chi connectivity index (χ3v) is 3.82. The van der Waals surface area contributed by atoms with Crippen LogP contribution in [-0.2, 0) is 17.8 Å². The van der Waals surface area contributed by atoms with Crippen LogP contribution in [0.25, 0.3) is 11.4 Å². The van der Waals surface area contributed by atoms with Gasteiger partial charge in [0.15, 0.2) is 5.82 Å². The molecular weight excluding hydrogens is 299 g/mol. The van der Waals surface area contributed by atoms with Gasteiger partial charge in [-0.05, 0) is 12.1 Å². The molecular formula is C14H12Cl2N2O2. The predicted octanol–water partition coefficient (Wildman–Crippen LogP) is 3.53. The summed E-state index contributed by atoms with van der Waals surface area (Å²) in [6.07, 6.45) is 0.720. The zero-order valence-electron chi connectivity index (χ0n) is 10.8. The van der Waals surface area contributed by atoms with Gasteiger partial charge in [0, 0.05) is 12.0 Å². The highest BCUT2D eigenvalue weighted by Gasteiger charge is 2.20. The van der Waals surface area contributed by atoms with Crippen molar-refractivity contribution in [1.29, 1.82) is 0 Å². The Morgan fingerprint density at radius 1 is 1.25 bits per heavy atom. The summed E-state index contributed by atoms with van der Waals surface area (Å²) in [7, 11) is 1.59. The van der Waals surface area contributed by atoms with Gasteiger partial charge in [-0.15, -0.1) is 0 Å². The summed E-state index contributed by atoms with van der Waals surface area (Å²) >= 11 is 12.5. The molecule has 6 heteroatoms. The lowest BCUT2D eigenvalue weighted by Gasteiger charge is -2.18. The summed E-state index contributed by atoms with van der Waals surface area (Å²) in [6.45, 7) is 1.09. The summed E-state index contributed by atoms with van der Waals surface area (Å²) < 4.78 is 10.7. The molecule has 1 aliphatic rings. The molecule has 0 bridgehead atoms. The van der Waals surface area contributed by atoms with Crippen LogP contribution in [0.1, 0.15) is 11.3 Å². The van der Waals surface area contributed by atoms with Crippen molar-refractivity contribution in [2.45, 2.75) is 13.0 Å². The average Bonchev–Trinajstić information content (AvgIpc) is 2.46. The Labute approximate surface area is 126 Å². The van der Waals surface area contributed by atoms with E-state index in [1.807, 2.05) is 12.1 Å². The maximum atomic E-state index is 6.25. The zero-order chi connectivity index (χ0) is 14.1. The second kappa shape index (κ2) is 5.56. The van der Waals surface area contributed by atoms with E-state index in [2.05, 4.69) is 9.97 Å². The molecule has 0 saturated carbocycles. The number of halogens is 2. The maximum Gasteiger partial charge on any atom is 0.166 e. The molecule has 4 nitrogen and oxygen atoms in total. The lowest BCUT2D eigenvalue weighted by atomic mass is 10.1. The lowest BCUT2D eigenvalue weighted by Crippen LogP contribution is -2.14. The van der Waals surface area contributed by atoms with E-state index < -0.39 is 0 Å². The smallest absolute Gasteiger partial charge is 0.166 e. The van der Waals surface area contributed by atoms with Gasteiger partial charge in [-0.25, -0.2) is 9.97 Å². The molecule has 1 aromatic heterocycles. The van der Waals surface area contributed by atoms with E-state index in [0.717, 1.165) is 17.7 Å². The van der Waals surface area contributed by atoms with Crippen LogP contribution in [0.3, 0.4) is 0 Å². The van der Waals surface area contributed by atoms with Crippen molar-refractivity contribution < 1.29 is 9.47 Å². The fraction of sp³-hybridized carbons (Fsp3) is 0.286. The molecule has 0 N–H and O–H groups in total. The summed E-state index contributed by atoms with van der Waals surface area (Å²) in [4.78, 5) is 8.91. The van der Waals surface area contributed by atoms with E-state index in [1.165, 1.54) is 0 Å². The minimum atomic E-state index is 0.409. The Morgan fingerprint density at radius 2 is 2.10 bits per heavy atom. The number of hydrogen-bond donors (Lipinski definition) is 0. The van der Waals surface area contributed by atoms with Crippen LogP contribution in [0, 0.1) is 0 Å². The number of fused-ring (bicyclic) bond motifs is 1. The highest BCUT2D eigenvalue weighted by Crippen LogP contribution is 2.36. The van der Waals surface area contributed by atoms with Gasteiger partial charge in [0.05, 0.1) is 36.6 Å². The van der Waals surface area contributed by atoms with Gasteiger partial charge in [0.2, 0.25) is 0 Å². The van der Waals surface area contributed by atoms with Gasteiger partial charge in [0.25, 0.3) is 0 Å². The number of rotatable bonds is 2. The van der Waals surface area contributed by atoms with Crippen LogP contribution < -0.4 is 4.74 Å². The predicted molar refractivity (Wildman–Crippen MR) is 77.4 cm³/mol. The molecule has 0 unspecified atom stereocenters. The van der Waals surface area contributed by atoms with Gasteiger partial charge in [0.1, 0.15) is 10.9 Å². The fourth-order valence-corrected chi connectivity index (χ4v) is 2.69. The fourth-order valence-electron chi connectivity index (χ4n) is 2.20. The van der Waals surface area contributed by atoms with Crippen molar-refractivity contribution in [2.75, 3.05) is 13.7 Å². The molecule has 1 aromatic carbocycles. The molecule has 0 spiro atoms. The topological polar surface area (TPSA) is 44.2 Å². The van der Waals surface area contributed by atoms with Crippen molar-refractivity contribution in [1.82, 2.24) is 9.97 Å². The summed E-state index contributed by atoms with van der Waals surface area (Å²) in [5, 5.41) is 0.944. The molecule has 0 radical (unpaired) electrons. The zero-order valence-corrected chi connectivity index (χ0v) is 12.3. The number of ether oxygens (including phenoxy) is 2. The Balaban J connectivity index is 2.18. The number of benzene rings is 1. The third-order valence-electron chi connectivity index (χ3n) is 3.19. The highest BCUT2D eigenvalue weighted by molar-refractivity contribution is 6.33. The minimum Gasteiger partial charge on any atom is -0.496 e. The maximum absolute atomic E-state index is 6.25. The molecule has 104 valence electrons. The molecule has 2 heterocycles. The SMILES string of the molecule is COc1cccc(Cl)c1-c1nc(Cl)c2c(n1)CCOC2. The van der Waals surface area contributed by atoms with Crippen molar-refractivity contribution in [2.24, 2.45) is 0 Å². The van der Waals surface area contributed by atoms with Crippen molar-refractivity contribution in [3.63, 3.8) is 0 Å². The molecule has 2 aromatic rings. The summed E-state index contributed by atoms with van der Waals surface area (Å²) in [5.41, 5.74) is 2.42. The van der Waals surface area contributed by atoms with Crippen LogP contribution in [0.2, 0.25) is 10.2 Å². The van der Waals surface area contributed by atoms with Gasteiger partial charge in [-0.1, -0.05) is 29.3 Å². The first-order valence-electron chi connectivity index (χ1n) is 6.16. The van der Waals surface area contributed by atoms with E-state index in [1.54, 1.807) is 13.2 Å². The number of methoxy groups -OCH3 is 1. The van der Waals surface area contributed by atoms with Crippen molar-refractivity contribution in [3.8, 4) is 17.1 Å². The average molecular weight is 311 g/mol. The molecule has 1 aliphatic heterocycles. The monoisotopic (exact) mass is 310 g/mol. The molecule has 0 saturated heterocycles. The summed E-state index contributed by atoms with van der Waals surface area (Å²) in [5.74, 6) is 1.11. The van der Waals surface area contributed by atoms with Crippen LogP contribution in [0.15, 0.2) is 18.2 Å². The van der Waals surface area contributed by atoms with E-state index >= 15 is 0 Å². The number of hydrogen-bond acceptors (Lipinski definition) is 4. The van der Waals surface area contributed by atoms with E-state index in [4.69, 9.17) is 32.7 Å². The second-order valence-electron chi connectivity index (χ2n) is 4.38. The van der Waals surface area contributed by atoms with E-state index in [-0.39, 0.29) is 0 Å². The molecule has 0 amide bonds. The third kappa shape index (κ3) is 2.35. The second-order valence-corrected chi connectivity index (χ2v) is 5.15. The van der Waals surface area contributed by atoms with Crippen molar-refractivity contribution >= 4 is 23.2 Å². The van der Waals surface area contributed by atoms with Crippen LogP contribution in [0.4, 0.5) is 0 Å². The van der Waals surface area contributed by atoms with Gasteiger partial charge in [-0.2, -0.15) is 0 Å². The molecule has 0 fully saturated rings. The minimum absolute atomic E-state index is 0.409. The number of aromatic nitrogens is 2. The quantitative estimate of drug-likeness (QED) is 0.796. The molecule has 3 rings (SSSR count). The van der Waals surface area contributed by atoms with E-state index in [9.17, 15) is 0 Å². The molecule has 20 heavy (non-hydrogen) atoms. The van der Waals surface area contributed by atoms with Gasteiger partial charge in [-0.3, -0.25) is 0 Å². The normalized spacial score (nSPS) is 13.9. The van der Waals surface area contributed by atoms with Crippen LogP contribution in [0.5, 0.6) is 5.75 Å². The standard InChI is InChI=1S/C14H12Cl2N2O2/c1-19-11-4-2-3-9(15)12(11)14-17-10-5-6-20-7-8(10)13(16)18-14/h2-4H,5-7H2,1H3. The van der Waals surface area contributed by atoms with Crippen molar-refractivity contribution in [3.05, 3.63) is 39.6 Å². The largest absolute Gasteiger partial charge is 0.496 e. The van der Waals surface area contributed by atoms with Crippen LogP contribution >= 0.6 is 23.2 Å². The highest BCUT2D eigenvalue weighted by atomic mass is 35.5. The Kier molecular flexibility index (Phi) is 3.78. The number of nitrogens with zero attached hydrogens (tertiary/aromatic N) is 2. The van der Waals surface area contributed by atoms with Gasteiger partial charge < -0.3 is 9.47 Å². The first kappa shape index (κ1) is 13.6. The Morgan fingerprint density at radius 3 is 2.90 bits per heavy atom. The van der Waals surface area contributed by atoms with E-state index in [0.29, 0.717) is 40.5 Å². The van der Waals surface area contributed by atoms with Crippen LogP contribution in [-0.4, -0.2) is 23.7 Å². The first-order chi connectivity index (χ1) is 9.70. The summed E-state index contributed by atoms with van der Waals surface area (Å²) in [6, 6.07) is 5.42. The first-order valence-corrected chi connectivity index (χ1v) is 6.92. The lowest BCUT2D eigenvalue weighted by molar-refractivity contribution is 0.109. The Hall–Kier alpha value is -1.36.